The maximum Gasteiger partial charge on any atom is 0.416 e. The number of carbonyl (C=O) groups is 2. The van der Waals surface area contributed by atoms with Gasteiger partial charge in [-0.2, -0.15) is 13.2 Å². The number of aromatic carboxylic acids is 1. The highest BCUT2D eigenvalue weighted by Crippen LogP contribution is 2.32. The SMILES string of the molecule is O=C(O)c1[nH]c2ccc(Cl)cc2c1CC(=O)N1CCN(c2cccc(C(F)(F)F)c2)CC1. The van der Waals surface area contributed by atoms with Crippen LogP contribution < -0.4 is 4.90 Å². The zero-order valence-electron chi connectivity index (χ0n) is 16.7. The highest BCUT2D eigenvalue weighted by Gasteiger charge is 2.31. The molecule has 6 nitrogen and oxygen atoms in total. The molecule has 1 aromatic heterocycles. The number of rotatable bonds is 4. The molecule has 0 aliphatic carbocycles. The highest BCUT2D eigenvalue weighted by atomic mass is 35.5. The molecule has 0 radical (unpaired) electrons. The van der Waals surface area contributed by atoms with Gasteiger partial charge in [0.25, 0.3) is 0 Å². The van der Waals surface area contributed by atoms with Crippen molar-refractivity contribution in [2.75, 3.05) is 31.1 Å². The normalized spacial score (nSPS) is 14.8. The van der Waals surface area contributed by atoms with Crippen LogP contribution in [0.5, 0.6) is 0 Å². The molecular weight excluding hydrogens is 447 g/mol. The lowest BCUT2D eigenvalue weighted by Crippen LogP contribution is -2.49. The van der Waals surface area contributed by atoms with Crippen LogP contribution in [0.3, 0.4) is 0 Å². The molecule has 0 saturated carbocycles. The van der Waals surface area contributed by atoms with E-state index in [1.165, 1.54) is 6.07 Å². The van der Waals surface area contributed by atoms with Gasteiger partial charge in [-0.25, -0.2) is 4.79 Å². The fraction of sp³-hybridized carbons (Fsp3) is 0.273. The number of fused-ring (bicyclic) bond motifs is 1. The standard InChI is InChI=1S/C22H19ClF3N3O3/c23-14-4-5-18-16(11-14)17(20(27-18)21(31)32)12-19(30)29-8-6-28(7-9-29)15-3-1-2-13(10-15)22(24,25)26/h1-5,10-11,27H,6-9,12H2,(H,31,32). The zero-order chi connectivity index (χ0) is 23.0. The Balaban J connectivity index is 1.48. The second-order valence-electron chi connectivity index (χ2n) is 7.57. The molecule has 1 saturated heterocycles. The van der Waals surface area contributed by atoms with Gasteiger partial charge in [0.2, 0.25) is 5.91 Å². The smallest absolute Gasteiger partial charge is 0.416 e. The first kappa shape index (κ1) is 22.0. The van der Waals surface area contributed by atoms with Crippen molar-refractivity contribution in [2.45, 2.75) is 12.6 Å². The number of carbonyl (C=O) groups excluding carboxylic acids is 1. The first-order valence-electron chi connectivity index (χ1n) is 9.87. The zero-order valence-corrected chi connectivity index (χ0v) is 17.5. The quantitative estimate of drug-likeness (QED) is 0.597. The van der Waals surface area contributed by atoms with Gasteiger partial charge in [0.05, 0.1) is 12.0 Å². The molecular formula is C22H19ClF3N3O3. The van der Waals surface area contributed by atoms with Crippen LogP contribution in [0.1, 0.15) is 21.6 Å². The number of hydrogen-bond donors (Lipinski definition) is 2. The van der Waals surface area contributed by atoms with Crippen molar-refractivity contribution in [2.24, 2.45) is 0 Å². The summed E-state index contributed by atoms with van der Waals surface area (Å²) < 4.78 is 39.0. The average Bonchev–Trinajstić information content (AvgIpc) is 3.11. The Kier molecular flexibility index (Phi) is 5.77. The Morgan fingerprint density at radius 1 is 1.06 bits per heavy atom. The molecule has 1 fully saturated rings. The Morgan fingerprint density at radius 2 is 1.78 bits per heavy atom. The minimum Gasteiger partial charge on any atom is -0.477 e. The summed E-state index contributed by atoms with van der Waals surface area (Å²) in [6, 6.07) is 10.0. The van der Waals surface area contributed by atoms with Crippen LogP contribution in [0.2, 0.25) is 5.02 Å². The van der Waals surface area contributed by atoms with Crippen LogP contribution in [0, 0.1) is 0 Å². The molecule has 3 aromatic rings. The van der Waals surface area contributed by atoms with E-state index >= 15 is 0 Å². The molecule has 0 unspecified atom stereocenters. The summed E-state index contributed by atoms with van der Waals surface area (Å²) in [7, 11) is 0. The second kappa shape index (κ2) is 8.38. The number of carboxylic acids is 1. The number of benzene rings is 2. The van der Waals surface area contributed by atoms with E-state index < -0.39 is 17.7 Å². The third-order valence-electron chi connectivity index (χ3n) is 5.58. The summed E-state index contributed by atoms with van der Waals surface area (Å²) in [4.78, 5) is 30.8. The van der Waals surface area contributed by atoms with E-state index in [-0.39, 0.29) is 18.0 Å². The van der Waals surface area contributed by atoms with E-state index in [4.69, 9.17) is 11.6 Å². The van der Waals surface area contributed by atoms with Crippen molar-refractivity contribution in [3.63, 3.8) is 0 Å². The predicted molar refractivity (Wildman–Crippen MR) is 114 cm³/mol. The van der Waals surface area contributed by atoms with E-state index in [1.54, 1.807) is 34.1 Å². The van der Waals surface area contributed by atoms with Crippen molar-refractivity contribution in [3.05, 3.63) is 64.3 Å². The second-order valence-corrected chi connectivity index (χ2v) is 8.00. The lowest BCUT2D eigenvalue weighted by Gasteiger charge is -2.36. The van der Waals surface area contributed by atoms with Crippen LogP contribution in [0.15, 0.2) is 42.5 Å². The van der Waals surface area contributed by atoms with Gasteiger partial charge in [0.15, 0.2) is 0 Å². The monoisotopic (exact) mass is 465 g/mol. The highest BCUT2D eigenvalue weighted by molar-refractivity contribution is 6.31. The summed E-state index contributed by atoms with van der Waals surface area (Å²) in [5, 5.41) is 10.5. The van der Waals surface area contributed by atoms with Crippen LogP contribution in [-0.4, -0.2) is 53.0 Å². The number of alkyl halides is 3. The van der Waals surface area contributed by atoms with Gasteiger partial charge < -0.3 is 19.9 Å². The van der Waals surface area contributed by atoms with E-state index in [0.29, 0.717) is 53.4 Å². The van der Waals surface area contributed by atoms with E-state index in [0.717, 1.165) is 12.1 Å². The van der Waals surface area contributed by atoms with E-state index in [2.05, 4.69) is 4.98 Å². The molecule has 32 heavy (non-hydrogen) atoms. The molecule has 0 spiro atoms. The number of aromatic nitrogens is 1. The number of halogens is 4. The Morgan fingerprint density at radius 3 is 2.44 bits per heavy atom. The van der Waals surface area contributed by atoms with Crippen LogP contribution in [0.4, 0.5) is 18.9 Å². The van der Waals surface area contributed by atoms with Crippen molar-refractivity contribution >= 4 is 40.1 Å². The summed E-state index contributed by atoms with van der Waals surface area (Å²) in [5.41, 5.74) is 0.613. The van der Waals surface area contributed by atoms with Crippen molar-refractivity contribution in [1.29, 1.82) is 0 Å². The minimum atomic E-state index is -4.42. The van der Waals surface area contributed by atoms with Crippen molar-refractivity contribution in [3.8, 4) is 0 Å². The number of H-pyrrole nitrogens is 1. The maximum absolute atomic E-state index is 13.0. The Bertz CT molecular complexity index is 1180. The van der Waals surface area contributed by atoms with E-state index in [9.17, 15) is 27.9 Å². The summed E-state index contributed by atoms with van der Waals surface area (Å²) in [6.07, 6.45) is -4.54. The predicted octanol–water partition coefficient (Wildman–Crippen LogP) is 4.43. The molecule has 4 rings (SSSR count). The minimum absolute atomic E-state index is 0.0572. The first-order chi connectivity index (χ1) is 15.1. The van der Waals surface area contributed by atoms with Gasteiger partial charge in [-0.15, -0.1) is 0 Å². The van der Waals surface area contributed by atoms with Gasteiger partial charge in [0.1, 0.15) is 5.69 Å². The number of hydrogen-bond acceptors (Lipinski definition) is 3. The maximum atomic E-state index is 13.0. The summed E-state index contributed by atoms with van der Waals surface area (Å²) in [6.45, 7) is 1.39. The lowest BCUT2D eigenvalue weighted by atomic mass is 10.1. The molecule has 0 bridgehead atoms. The molecule has 2 aromatic carbocycles. The lowest BCUT2D eigenvalue weighted by molar-refractivity contribution is -0.137. The molecule has 1 aliphatic heterocycles. The number of nitrogens with one attached hydrogen (secondary N) is 1. The molecule has 168 valence electrons. The Labute approximate surface area is 186 Å². The number of amides is 1. The fourth-order valence-corrected chi connectivity index (χ4v) is 4.11. The van der Waals surface area contributed by atoms with Gasteiger partial charge in [0, 0.05) is 53.4 Å². The molecule has 1 aliphatic rings. The number of piperazine rings is 1. The number of anilines is 1. The van der Waals surface area contributed by atoms with Gasteiger partial charge in [-0.1, -0.05) is 17.7 Å². The topological polar surface area (TPSA) is 76.6 Å². The molecule has 0 atom stereocenters. The van der Waals surface area contributed by atoms with Crippen LogP contribution in [0.25, 0.3) is 10.9 Å². The van der Waals surface area contributed by atoms with Crippen molar-refractivity contribution in [1.82, 2.24) is 9.88 Å². The van der Waals surface area contributed by atoms with Crippen LogP contribution in [-0.2, 0) is 17.4 Å². The fourth-order valence-electron chi connectivity index (χ4n) is 3.94. The number of aromatic amines is 1. The van der Waals surface area contributed by atoms with E-state index in [1.807, 2.05) is 0 Å². The van der Waals surface area contributed by atoms with Gasteiger partial charge in [-0.05, 0) is 36.4 Å². The molecule has 1 amide bonds. The third-order valence-corrected chi connectivity index (χ3v) is 5.82. The summed E-state index contributed by atoms with van der Waals surface area (Å²) >= 11 is 6.05. The van der Waals surface area contributed by atoms with Gasteiger partial charge >= 0.3 is 12.1 Å². The average molecular weight is 466 g/mol. The Hall–Kier alpha value is -3.20. The molecule has 2 N–H and O–H groups in total. The van der Waals surface area contributed by atoms with Crippen molar-refractivity contribution < 1.29 is 27.9 Å². The largest absolute Gasteiger partial charge is 0.477 e. The number of carboxylic acid groups (broad SMARTS) is 1. The first-order valence-corrected chi connectivity index (χ1v) is 10.2. The van der Waals surface area contributed by atoms with Crippen LogP contribution >= 0.6 is 11.6 Å². The molecule has 2 heterocycles. The van der Waals surface area contributed by atoms with Gasteiger partial charge in [-0.3, -0.25) is 4.79 Å². The number of nitrogens with zero attached hydrogens (tertiary/aromatic N) is 2. The third kappa shape index (κ3) is 4.38. The summed E-state index contributed by atoms with van der Waals surface area (Å²) in [5.74, 6) is -1.42. The molecule has 10 heteroatoms.